The Labute approximate surface area is 178 Å². The van der Waals surface area contributed by atoms with Gasteiger partial charge in [-0.2, -0.15) is 0 Å². The SMILES string of the molecule is CN=C(NCCCOC1CCOCC1)NCC(c1cccs1)N1CCOC(C)C1. The lowest BCUT2D eigenvalue weighted by Gasteiger charge is -2.37. The van der Waals surface area contributed by atoms with Gasteiger partial charge in [-0.25, -0.2) is 0 Å². The van der Waals surface area contributed by atoms with Gasteiger partial charge in [0.1, 0.15) is 0 Å². The third kappa shape index (κ3) is 7.53. The molecular formula is C21H36N4O3S. The fourth-order valence-corrected chi connectivity index (χ4v) is 4.67. The first kappa shape index (κ1) is 22.5. The van der Waals surface area contributed by atoms with E-state index in [2.05, 4.69) is 45.0 Å². The highest BCUT2D eigenvalue weighted by Gasteiger charge is 2.26. The number of rotatable bonds is 9. The molecule has 7 nitrogen and oxygen atoms in total. The molecule has 0 amide bonds. The van der Waals surface area contributed by atoms with Crippen molar-refractivity contribution in [2.24, 2.45) is 4.99 Å². The largest absolute Gasteiger partial charge is 0.381 e. The highest BCUT2D eigenvalue weighted by atomic mass is 32.1. The molecule has 2 atom stereocenters. The number of nitrogens with zero attached hydrogens (tertiary/aromatic N) is 2. The minimum atomic E-state index is 0.277. The van der Waals surface area contributed by atoms with Crippen LogP contribution < -0.4 is 10.6 Å². The molecule has 0 saturated carbocycles. The number of morpholine rings is 1. The first-order valence-corrected chi connectivity index (χ1v) is 11.7. The number of aliphatic imine (C=N–C) groups is 1. The minimum absolute atomic E-state index is 0.277. The van der Waals surface area contributed by atoms with Crippen molar-refractivity contribution in [3.63, 3.8) is 0 Å². The normalized spacial score (nSPS) is 23.1. The molecular weight excluding hydrogens is 388 g/mol. The molecule has 2 N–H and O–H groups in total. The summed E-state index contributed by atoms with van der Waals surface area (Å²) < 4.78 is 17.0. The van der Waals surface area contributed by atoms with Crippen molar-refractivity contribution >= 4 is 17.3 Å². The van der Waals surface area contributed by atoms with Crippen LogP contribution in [0.2, 0.25) is 0 Å². The number of hydrogen-bond donors (Lipinski definition) is 2. The van der Waals surface area contributed by atoms with E-state index < -0.39 is 0 Å². The Morgan fingerprint density at radius 1 is 1.34 bits per heavy atom. The van der Waals surface area contributed by atoms with Crippen molar-refractivity contribution in [3.05, 3.63) is 22.4 Å². The summed E-state index contributed by atoms with van der Waals surface area (Å²) in [4.78, 5) is 8.28. The summed E-state index contributed by atoms with van der Waals surface area (Å²) >= 11 is 1.81. The number of guanidine groups is 1. The lowest BCUT2D eigenvalue weighted by Crippen LogP contribution is -2.48. The summed E-state index contributed by atoms with van der Waals surface area (Å²) in [6.07, 6.45) is 3.64. The summed E-state index contributed by atoms with van der Waals surface area (Å²) in [6, 6.07) is 4.68. The number of ether oxygens (including phenoxy) is 3. The van der Waals surface area contributed by atoms with Crippen LogP contribution in [0.4, 0.5) is 0 Å². The molecule has 164 valence electrons. The zero-order valence-electron chi connectivity index (χ0n) is 17.8. The standard InChI is InChI=1S/C21H36N4O3S/c1-17-16-25(9-13-27-17)19(20-5-3-14-29-20)15-24-21(22-2)23-8-4-10-28-18-6-11-26-12-7-18/h3,5,14,17-19H,4,6-13,15-16H2,1-2H3,(H2,22,23,24). The molecule has 0 bridgehead atoms. The lowest BCUT2D eigenvalue weighted by atomic mass is 10.1. The van der Waals surface area contributed by atoms with E-state index >= 15 is 0 Å². The highest BCUT2D eigenvalue weighted by molar-refractivity contribution is 7.10. The van der Waals surface area contributed by atoms with Crippen LogP contribution in [0.5, 0.6) is 0 Å². The van der Waals surface area contributed by atoms with Crippen LogP contribution in [0.25, 0.3) is 0 Å². The molecule has 8 heteroatoms. The summed E-state index contributed by atoms with van der Waals surface area (Å²) in [5.74, 6) is 0.846. The van der Waals surface area contributed by atoms with E-state index in [1.807, 2.05) is 18.4 Å². The Kier molecular flexibility index (Phi) is 9.69. The molecule has 0 spiro atoms. The Bertz CT molecular complexity index is 593. The summed E-state index contributed by atoms with van der Waals surface area (Å²) in [7, 11) is 1.82. The van der Waals surface area contributed by atoms with Gasteiger partial charge in [0.2, 0.25) is 0 Å². The second-order valence-electron chi connectivity index (χ2n) is 7.62. The van der Waals surface area contributed by atoms with Gasteiger partial charge in [0, 0.05) is 57.9 Å². The van der Waals surface area contributed by atoms with Gasteiger partial charge in [0.25, 0.3) is 0 Å². The minimum Gasteiger partial charge on any atom is -0.381 e. The lowest BCUT2D eigenvalue weighted by molar-refractivity contribution is -0.0334. The second-order valence-corrected chi connectivity index (χ2v) is 8.60. The average Bonchev–Trinajstić information content (AvgIpc) is 3.27. The monoisotopic (exact) mass is 424 g/mol. The summed E-state index contributed by atoms with van der Waals surface area (Å²) in [5.41, 5.74) is 0. The quantitative estimate of drug-likeness (QED) is 0.360. The van der Waals surface area contributed by atoms with E-state index in [4.69, 9.17) is 14.2 Å². The number of hydrogen-bond acceptors (Lipinski definition) is 6. The maximum absolute atomic E-state index is 5.94. The number of nitrogens with one attached hydrogen (secondary N) is 2. The van der Waals surface area contributed by atoms with Crippen LogP contribution in [-0.2, 0) is 14.2 Å². The van der Waals surface area contributed by atoms with E-state index in [1.165, 1.54) is 4.88 Å². The van der Waals surface area contributed by atoms with Crippen molar-refractivity contribution in [1.82, 2.24) is 15.5 Å². The summed E-state index contributed by atoms with van der Waals surface area (Å²) in [5, 5.41) is 9.08. The molecule has 0 aliphatic carbocycles. The number of thiophene rings is 1. The maximum Gasteiger partial charge on any atom is 0.191 e. The Morgan fingerprint density at radius 3 is 2.93 bits per heavy atom. The molecule has 0 aromatic carbocycles. The van der Waals surface area contributed by atoms with Crippen LogP contribution in [-0.4, -0.2) is 82.7 Å². The van der Waals surface area contributed by atoms with Crippen molar-refractivity contribution < 1.29 is 14.2 Å². The zero-order valence-corrected chi connectivity index (χ0v) is 18.6. The third-order valence-corrected chi connectivity index (χ3v) is 6.38. The van der Waals surface area contributed by atoms with Gasteiger partial charge >= 0.3 is 0 Å². The summed E-state index contributed by atoms with van der Waals surface area (Å²) in [6.45, 7) is 8.96. The maximum atomic E-state index is 5.94. The first-order chi connectivity index (χ1) is 14.3. The van der Waals surface area contributed by atoms with Gasteiger partial charge in [-0.05, 0) is 37.6 Å². The van der Waals surface area contributed by atoms with Crippen molar-refractivity contribution in [2.45, 2.75) is 44.4 Å². The Hall–Kier alpha value is -1.19. The van der Waals surface area contributed by atoms with E-state index in [9.17, 15) is 0 Å². The van der Waals surface area contributed by atoms with E-state index in [1.54, 1.807) is 0 Å². The fraction of sp³-hybridized carbons (Fsp3) is 0.762. The predicted molar refractivity (Wildman–Crippen MR) is 118 cm³/mol. The van der Waals surface area contributed by atoms with Crippen molar-refractivity contribution in [2.75, 3.05) is 59.7 Å². The van der Waals surface area contributed by atoms with Gasteiger partial charge in [0.05, 0.1) is 24.9 Å². The molecule has 2 aliphatic rings. The smallest absolute Gasteiger partial charge is 0.191 e. The van der Waals surface area contributed by atoms with Gasteiger partial charge in [-0.3, -0.25) is 9.89 Å². The molecule has 2 fully saturated rings. The van der Waals surface area contributed by atoms with Crippen molar-refractivity contribution in [3.8, 4) is 0 Å². The van der Waals surface area contributed by atoms with Crippen LogP contribution in [0, 0.1) is 0 Å². The average molecular weight is 425 g/mol. The molecule has 29 heavy (non-hydrogen) atoms. The fourth-order valence-electron chi connectivity index (χ4n) is 3.80. The second kappa shape index (κ2) is 12.5. The third-order valence-electron chi connectivity index (χ3n) is 5.41. The Morgan fingerprint density at radius 2 is 2.21 bits per heavy atom. The Balaban J connectivity index is 1.40. The van der Waals surface area contributed by atoms with Crippen molar-refractivity contribution in [1.29, 1.82) is 0 Å². The van der Waals surface area contributed by atoms with Gasteiger partial charge in [0.15, 0.2) is 5.96 Å². The molecule has 2 unspecified atom stereocenters. The van der Waals surface area contributed by atoms with Gasteiger partial charge in [-0.15, -0.1) is 11.3 Å². The van der Waals surface area contributed by atoms with Crippen LogP contribution in [0.1, 0.15) is 37.1 Å². The van der Waals surface area contributed by atoms with Crippen LogP contribution >= 0.6 is 11.3 Å². The molecule has 2 saturated heterocycles. The van der Waals surface area contributed by atoms with Gasteiger partial charge in [-0.1, -0.05) is 6.07 Å². The van der Waals surface area contributed by atoms with E-state index in [0.29, 0.717) is 12.1 Å². The topological polar surface area (TPSA) is 67.4 Å². The molecule has 3 rings (SSSR count). The zero-order chi connectivity index (χ0) is 20.3. The molecule has 1 aromatic heterocycles. The van der Waals surface area contributed by atoms with Crippen LogP contribution in [0.15, 0.2) is 22.5 Å². The highest BCUT2D eigenvalue weighted by Crippen LogP contribution is 2.26. The molecule has 0 radical (unpaired) electrons. The van der Waals surface area contributed by atoms with Crippen LogP contribution in [0.3, 0.4) is 0 Å². The molecule has 1 aromatic rings. The van der Waals surface area contributed by atoms with Gasteiger partial charge < -0.3 is 24.8 Å². The first-order valence-electron chi connectivity index (χ1n) is 10.8. The molecule has 2 aliphatic heterocycles. The van der Waals surface area contributed by atoms with E-state index in [-0.39, 0.29) is 6.10 Å². The van der Waals surface area contributed by atoms with E-state index in [0.717, 1.165) is 77.8 Å². The predicted octanol–water partition coefficient (Wildman–Crippen LogP) is 2.26. The molecule has 3 heterocycles.